The summed E-state index contributed by atoms with van der Waals surface area (Å²) in [6, 6.07) is 6.63. The molecule has 13 heteroatoms. The van der Waals surface area contributed by atoms with E-state index < -0.39 is 56.2 Å². The number of aromatic nitrogens is 1. The SMILES string of the molecule is Cc1csc(C(=O)N[C@H](C(=O)NC(Cc2ccccc2)C(O)CN2C[C@H]3CCCC[C@H]3CC2C(=O)NC(C)(C)C)C(C)(C)S(C)(=O)=O)n1. The van der Waals surface area contributed by atoms with E-state index in [1.165, 1.54) is 13.8 Å². The van der Waals surface area contributed by atoms with Gasteiger partial charge >= 0.3 is 0 Å². The van der Waals surface area contributed by atoms with Gasteiger partial charge in [0.15, 0.2) is 14.8 Å². The van der Waals surface area contributed by atoms with Gasteiger partial charge in [0.25, 0.3) is 5.91 Å². The fourth-order valence-electron chi connectivity index (χ4n) is 6.83. The number of piperidine rings is 1. The maximum absolute atomic E-state index is 14.1. The standard InChI is InChI=1S/C35H53N5O6S2/c1-22-21-47-33(36-22)32(44)38-29(35(5,6)48(7,45)46)31(43)37-26(17-23-13-9-8-10-14-23)28(41)20-40-19-25-16-12-11-15-24(25)18-27(40)30(42)39-34(2,3)4/h8-10,13-14,21,24-29,41H,11-12,15-20H2,1-7H3,(H,37,43)(H,38,44)(H,39,42)/t24-,25+,26?,27?,28?,29+/m0/s1. The smallest absolute Gasteiger partial charge is 0.280 e. The molecule has 0 spiro atoms. The number of fused-ring (bicyclic) bond motifs is 1. The van der Waals surface area contributed by atoms with E-state index in [4.69, 9.17) is 0 Å². The molecule has 2 heterocycles. The highest BCUT2D eigenvalue weighted by Gasteiger charge is 2.46. The summed E-state index contributed by atoms with van der Waals surface area (Å²) in [6.07, 6.45) is 5.35. The molecule has 1 saturated heterocycles. The van der Waals surface area contributed by atoms with E-state index in [1.54, 1.807) is 12.3 Å². The van der Waals surface area contributed by atoms with Gasteiger partial charge in [-0.05, 0) is 78.2 Å². The summed E-state index contributed by atoms with van der Waals surface area (Å²) in [6.45, 7) is 11.2. The molecular weight excluding hydrogens is 651 g/mol. The minimum absolute atomic E-state index is 0.0718. The molecule has 4 rings (SSSR count). The maximum atomic E-state index is 14.1. The number of hydrogen-bond donors (Lipinski definition) is 4. The molecule has 1 saturated carbocycles. The summed E-state index contributed by atoms with van der Waals surface area (Å²) >= 11 is 1.10. The lowest BCUT2D eigenvalue weighted by Gasteiger charge is -2.47. The average Bonchev–Trinajstić information content (AvgIpc) is 3.44. The van der Waals surface area contributed by atoms with Crippen molar-refractivity contribution < 1.29 is 27.9 Å². The molecular formula is C35H53N5O6S2. The Morgan fingerprint density at radius 2 is 1.69 bits per heavy atom. The fourth-order valence-corrected chi connectivity index (χ4v) is 8.12. The van der Waals surface area contributed by atoms with Crippen LogP contribution in [-0.4, -0.2) is 95.0 Å². The van der Waals surface area contributed by atoms with E-state index >= 15 is 0 Å². The predicted octanol–water partition coefficient (Wildman–Crippen LogP) is 3.26. The lowest BCUT2D eigenvalue weighted by molar-refractivity contribution is -0.133. The minimum Gasteiger partial charge on any atom is -0.390 e. The maximum Gasteiger partial charge on any atom is 0.280 e. The zero-order valence-corrected chi connectivity index (χ0v) is 30.9. The molecule has 2 aliphatic rings. The number of benzene rings is 1. The van der Waals surface area contributed by atoms with Crippen molar-refractivity contribution in [2.75, 3.05) is 19.3 Å². The Morgan fingerprint density at radius 3 is 2.27 bits per heavy atom. The van der Waals surface area contributed by atoms with Crippen molar-refractivity contribution in [2.45, 2.75) is 115 Å². The van der Waals surface area contributed by atoms with E-state index in [2.05, 4.69) is 25.8 Å². The van der Waals surface area contributed by atoms with Gasteiger partial charge in [-0.1, -0.05) is 49.6 Å². The third-order valence-electron chi connectivity index (χ3n) is 9.82. The summed E-state index contributed by atoms with van der Waals surface area (Å²) in [7, 11) is -3.86. The third-order valence-corrected chi connectivity index (χ3v) is 12.9. The van der Waals surface area contributed by atoms with Gasteiger partial charge < -0.3 is 21.1 Å². The van der Waals surface area contributed by atoms with Crippen LogP contribution in [0.5, 0.6) is 0 Å². The Labute approximate surface area is 289 Å². The van der Waals surface area contributed by atoms with Crippen LogP contribution in [0.25, 0.3) is 0 Å². The molecule has 1 aromatic heterocycles. The number of nitrogens with one attached hydrogen (secondary N) is 3. The van der Waals surface area contributed by atoms with Crippen molar-refractivity contribution >= 4 is 38.9 Å². The number of sulfone groups is 1. The largest absolute Gasteiger partial charge is 0.390 e. The van der Waals surface area contributed by atoms with Gasteiger partial charge in [-0.3, -0.25) is 19.3 Å². The molecule has 6 atom stereocenters. The van der Waals surface area contributed by atoms with Gasteiger partial charge in [-0.25, -0.2) is 13.4 Å². The molecule has 1 aromatic carbocycles. The number of likely N-dealkylation sites (tertiary alicyclic amines) is 1. The highest BCUT2D eigenvalue weighted by Crippen LogP contribution is 2.39. The van der Waals surface area contributed by atoms with Crippen LogP contribution in [0, 0.1) is 18.8 Å². The molecule has 48 heavy (non-hydrogen) atoms. The summed E-state index contributed by atoms with van der Waals surface area (Å²) in [4.78, 5) is 47.2. The van der Waals surface area contributed by atoms with Crippen LogP contribution in [0.2, 0.25) is 0 Å². The first-order valence-electron chi connectivity index (χ1n) is 16.9. The molecule has 11 nitrogen and oxygen atoms in total. The average molecular weight is 704 g/mol. The van der Waals surface area contributed by atoms with E-state index in [9.17, 15) is 27.9 Å². The minimum atomic E-state index is -3.86. The summed E-state index contributed by atoms with van der Waals surface area (Å²) in [5.41, 5.74) is 1.07. The lowest BCUT2D eigenvalue weighted by Crippen LogP contribution is -2.64. The first-order valence-corrected chi connectivity index (χ1v) is 19.6. The third kappa shape index (κ3) is 9.64. The van der Waals surface area contributed by atoms with Crippen LogP contribution >= 0.6 is 11.3 Å². The molecule has 4 N–H and O–H groups in total. The number of thiazole rings is 1. The van der Waals surface area contributed by atoms with Crippen molar-refractivity contribution in [3.63, 3.8) is 0 Å². The number of amides is 3. The fraction of sp³-hybridized carbons (Fsp3) is 0.657. The highest BCUT2D eigenvalue weighted by molar-refractivity contribution is 7.92. The number of hydrogen-bond acceptors (Lipinski definition) is 9. The Kier molecular flexibility index (Phi) is 12.1. The van der Waals surface area contributed by atoms with E-state index in [1.807, 2.05) is 51.1 Å². The van der Waals surface area contributed by atoms with E-state index in [0.29, 0.717) is 30.5 Å². The van der Waals surface area contributed by atoms with Gasteiger partial charge in [-0.15, -0.1) is 11.3 Å². The molecule has 3 amide bonds. The topological polar surface area (TPSA) is 158 Å². The van der Waals surface area contributed by atoms with Crippen LogP contribution in [0.3, 0.4) is 0 Å². The number of nitrogens with zero attached hydrogens (tertiary/aromatic N) is 2. The normalized spacial score (nSPS) is 22.5. The number of rotatable bonds is 12. The number of carbonyl (C=O) groups excluding carboxylic acids is 3. The van der Waals surface area contributed by atoms with Crippen molar-refractivity contribution in [1.82, 2.24) is 25.8 Å². The van der Waals surface area contributed by atoms with Gasteiger partial charge in [0, 0.05) is 36.0 Å². The van der Waals surface area contributed by atoms with Gasteiger partial charge in [0.1, 0.15) is 6.04 Å². The lowest BCUT2D eigenvalue weighted by atomic mass is 9.72. The molecule has 3 unspecified atom stereocenters. The summed E-state index contributed by atoms with van der Waals surface area (Å²) < 4.78 is 24.2. The second kappa shape index (κ2) is 15.3. The Balaban J connectivity index is 1.62. The number of aliphatic hydroxyl groups is 1. The first kappa shape index (κ1) is 37.9. The van der Waals surface area contributed by atoms with Crippen molar-refractivity contribution in [1.29, 1.82) is 0 Å². The van der Waals surface area contributed by atoms with Crippen LogP contribution in [0.1, 0.15) is 87.8 Å². The van der Waals surface area contributed by atoms with Crippen LogP contribution in [0.4, 0.5) is 0 Å². The van der Waals surface area contributed by atoms with Crippen molar-refractivity contribution in [3.8, 4) is 0 Å². The number of carbonyl (C=O) groups is 3. The molecule has 1 aliphatic heterocycles. The molecule has 266 valence electrons. The number of aryl methyl sites for hydroxylation is 1. The van der Waals surface area contributed by atoms with Gasteiger partial charge in [0.2, 0.25) is 11.8 Å². The quantitative estimate of drug-likeness (QED) is 0.263. The predicted molar refractivity (Wildman–Crippen MR) is 188 cm³/mol. The van der Waals surface area contributed by atoms with Crippen LogP contribution in [-0.2, 0) is 25.8 Å². The second-order valence-electron chi connectivity index (χ2n) is 15.2. The van der Waals surface area contributed by atoms with Crippen LogP contribution in [0.15, 0.2) is 35.7 Å². The molecule has 0 bridgehead atoms. The van der Waals surface area contributed by atoms with Crippen molar-refractivity contribution in [2.24, 2.45) is 11.8 Å². The summed E-state index contributed by atoms with van der Waals surface area (Å²) in [5.74, 6) is -0.589. The Bertz CT molecular complexity index is 1540. The second-order valence-corrected chi connectivity index (χ2v) is 18.7. The zero-order valence-electron chi connectivity index (χ0n) is 29.3. The monoisotopic (exact) mass is 703 g/mol. The number of β-amino-alcohol motifs (C(OH)–C–C–N with tert-alkyl or cyclic N) is 1. The van der Waals surface area contributed by atoms with E-state index in [-0.39, 0.29) is 23.9 Å². The van der Waals surface area contributed by atoms with Crippen LogP contribution < -0.4 is 16.0 Å². The van der Waals surface area contributed by atoms with Crippen molar-refractivity contribution in [3.05, 3.63) is 52.0 Å². The highest BCUT2D eigenvalue weighted by atomic mass is 32.2. The van der Waals surface area contributed by atoms with Gasteiger partial charge in [0.05, 0.1) is 22.9 Å². The Hall–Kier alpha value is -2.87. The molecule has 1 aliphatic carbocycles. The summed E-state index contributed by atoms with van der Waals surface area (Å²) in [5, 5.41) is 22.4. The zero-order chi connectivity index (χ0) is 35.4. The van der Waals surface area contributed by atoms with E-state index in [0.717, 1.165) is 48.8 Å². The molecule has 2 fully saturated rings. The molecule has 2 aromatic rings. The first-order chi connectivity index (χ1) is 22.4. The number of aliphatic hydroxyl groups excluding tert-OH is 1. The Morgan fingerprint density at radius 1 is 1.04 bits per heavy atom. The molecule has 0 radical (unpaired) electrons. The van der Waals surface area contributed by atoms with Gasteiger partial charge in [-0.2, -0.15) is 0 Å².